The molecule has 0 radical (unpaired) electrons. The van der Waals surface area contributed by atoms with E-state index >= 15 is 0 Å². The molecule has 0 aromatic heterocycles. The van der Waals surface area contributed by atoms with Crippen molar-refractivity contribution in [1.82, 2.24) is 0 Å². The number of nitrogens with zero attached hydrogens (tertiary/aromatic N) is 2. The molecule has 0 fully saturated rings. The first-order valence-corrected chi connectivity index (χ1v) is 9.93. The van der Waals surface area contributed by atoms with Gasteiger partial charge in [-0.3, -0.25) is 0 Å². The first-order chi connectivity index (χ1) is 9.39. The van der Waals surface area contributed by atoms with E-state index in [-0.39, 0.29) is 12.3 Å². The molecule has 20 heavy (non-hydrogen) atoms. The van der Waals surface area contributed by atoms with Crippen molar-refractivity contribution in [1.29, 1.82) is 5.39 Å². The Kier molecular flexibility index (Phi) is 5.74. The van der Waals surface area contributed by atoms with Gasteiger partial charge in [0.2, 0.25) is 5.39 Å². The second-order valence-electron chi connectivity index (χ2n) is 5.24. The molecule has 0 spiro atoms. The third kappa shape index (κ3) is 4.68. The van der Waals surface area contributed by atoms with Crippen LogP contribution in [0.2, 0.25) is 19.6 Å². The maximum atomic E-state index is 9.88. The Morgan fingerprint density at radius 3 is 2.35 bits per heavy atom. The summed E-state index contributed by atoms with van der Waals surface area (Å²) in [4.78, 5) is 3.17. The number of ether oxygens (including phenoxy) is 1. The van der Waals surface area contributed by atoms with Gasteiger partial charge in [0.05, 0.1) is 6.61 Å². The molecule has 1 rings (SSSR count). The predicted octanol–water partition coefficient (Wildman–Crippen LogP) is 4.20. The molecule has 0 aliphatic heterocycles. The monoisotopic (exact) mass is 293 g/mol. The molecule has 0 aliphatic rings. The molecule has 0 aliphatic carbocycles. The lowest BCUT2D eigenvalue weighted by Crippen LogP contribution is -2.29. The Labute approximate surface area is 120 Å². The maximum absolute atomic E-state index is 9.88. The summed E-state index contributed by atoms with van der Waals surface area (Å²) in [5.74, 6) is -0.415. The highest BCUT2D eigenvalue weighted by Gasteiger charge is 2.38. The minimum Gasteiger partial charge on any atom is -0.475 e. The Balaban J connectivity index is 3.24. The highest BCUT2D eigenvalue weighted by atomic mass is 28.4. The van der Waals surface area contributed by atoms with Crippen LogP contribution in [-0.4, -0.2) is 20.0 Å². The van der Waals surface area contributed by atoms with Crippen LogP contribution in [-0.2, 0) is 9.16 Å². The SMILES string of the molecule is CCO/C(O)=C(\[N+]#N)C(O[Si](C)(C)C)c1ccccc1. The number of rotatable bonds is 6. The average molecular weight is 293 g/mol. The minimum absolute atomic E-state index is 0.0134. The Bertz CT molecular complexity index is 503. The molecule has 0 saturated carbocycles. The van der Waals surface area contributed by atoms with Crippen LogP contribution in [0.3, 0.4) is 0 Å². The fraction of sp³-hybridized carbons (Fsp3) is 0.429. The number of diazo groups is 1. The summed E-state index contributed by atoms with van der Waals surface area (Å²) in [6, 6.07) is 9.33. The van der Waals surface area contributed by atoms with Gasteiger partial charge in [0, 0.05) is 0 Å². The minimum atomic E-state index is -1.92. The molecule has 1 unspecified atom stereocenters. The zero-order valence-corrected chi connectivity index (χ0v) is 13.3. The molecule has 0 bridgehead atoms. The van der Waals surface area contributed by atoms with Crippen molar-refractivity contribution in [3.8, 4) is 0 Å². The molecular weight excluding hydrogens is 272 g/mol. The summed E-state index contributed by atoms with van der Waals surface area (Å²) in [5.41, 5.74) is 0.787. The summed E-state index contributed by atoms with van der Waals surface area (Å²) in [5, 5.41) is 19.1. The van der Waals surface area contributed by atoms with Crippen LogP contribution in [0.15, 0.2) is 42.0 Å². The third-order valence-electron chi connectivity index (χ3n) is 2.43. The van der Waals surface area contributed by atoms with Crippen molar-refractivity contribution < 1.29 is 14.3 Å². The van der Waals surface area contributed by atoms with Gasteiger partial charge in [-0.15, -0.1) is 0 Å². The van der Waals surface area contributed by atoms with Crippen LogP contribution in [0.4, 0.5) is 0 Å². The quantitative estimate of drug-likeness (QED) is 0.485. The standard InChI is InChI=1S/C14H20N2O3Si/c1-5-18-14(17)12(16-15)13(19-20(2,3)4)11-9-7-6-8-10-11/h6-10,13H,5H2,1-4H3/p+1/b14-12-. The molecule has 6 heteroatoms. The topological polar surface area (TPSA) is 66.8 Å². The van der Waals surface area contributed by atoms with Gasteiger partial charge in [-0.25, -0.2) is 0 Å². The molecule has 108 valence electrons. The second-order valence-corrected chi connectivity index (χ2v) is 9.70. The van der Waals surface area contributed by atoms with Crippen LogP contribution in [0, 0.1) is 5.39 Å². The molecule has 5 nitrogen and oxygen atoms in total. The highest BCUT2D eigenvalue weighted by molar-refractivity contribution is 6.69. The smallest absolute Gasteiger partial charge is 0.472 e. The van der Waals surface area contributed by atoms with E-state index in [0.717, 1.165) is 5.56 Å². The molecule has 0 saturated heterocycles. The lowest BCUT2D eigenvalue weighted by atomic mass is 10.1. The van der Waals surface area contributed by atoms with Gasteiger partial charge in [0.1, 0.15) is 0 Å². The van der Waals surface area contributed by atoms with Crippen molar-refractivity contribution in [2.24, 2.45) is 0 Å². The van der Waals surface area contributed by atoms with Crippen molar-refractivity contribution in [2.45, 2.75) is 32.7 Å². The van der Waals surface area contributed by atoms with Gasteiger partial charge in [-0.1, -0.05) is 30.3 Å². The van der Waals surface area contributed by atoms with Crippen LogP contribution < -0.4 is 0 Å². The number of hydrogen-bond acceptors (Lipinski definition) is 4. The molecule has 1 N–H and O–H groups in total. The molecule has 1 atom stereocenters. The van der Waals surface area contributed by atoms with Crippen molar-refractivity contribution in [3.63, 3.8) is 0 Å². The normalized spacial score (nSPS) is 14.2. The summed E-state index contributed by atoms with van der Waals surface area (Å²) >= 11 is 0. The first-order valence-electron chi connectivity index (χ1n) is 6.52. The zero-order valence-electron chi connectivity index (χ0n) is 12.3. The van der Waals surface area contributed by atoms with Crippen molar-refractivity contribution in [2.75, 3.05) is 6.61 Å². The number of aliphatic hydroxyl groups is 1. The van der Waals surface area contributed by atoms with E-state index in [1.165, 1.54) is 0 Å². The maximum Gasteiger partial charge on any atom is 0.472 e. The van der Waals surface area contributed by atoms with E-state index in [4.69, 9.17) is 9.16 Å². The predicted molar refractivity (Wildman–Crippen MR) is 80.0 cm³/mol. The average Bonchev–Trinajstić information content (AvgIpc) is 2.38. The van der Waals surface area contributed by atoms with Crippen LogP contribution in [0.5, 0.6) is 0 Å². The lowest BCUT2D eigenvalue weighted by molar-refractivity contribution is 0.0892. The lowest BCUT2D eigenvalue weighted by Gasteiger charge is -2.22. The number of hydrogen-bond donors (Lipinski definition) is 1. The van der Waals surface area contributed by atoms with E-state index in [1.807, 2.05) is 50.0 Å². The molecule has 1 aromatic rings. The van der Waals surface area contributed by atoms with Gasteiger partial charge in [-0.2, -0.15) is 0 Å². The van der Waals surface area contributed by atoms with Crippen molar-refractivity contribution >= 4 is 8.32 Å². The Morgan fingerprint density at radius 2 is 1.90 bits per heavy atom. The first kappa shape index (κ1) is 16.2. The second kappa shape index (κ2) is 7.08. The highest BCUT2D eigenvalue weighted by Crippen LogP contribution is 2.31. The molecule has 0 amide bonds. The van der Waals surface area contributed by atoms with Gasteiger partial charge in [0.25, 0.3) is 0 Å². The van der Waals surface area contributed by atoms with E-state index < -0.39 is 20.4 Å². The number of aliphatic hydroxyl groups excluding tert-OH is 1. The van der Waals surface area contributed by atoms with E-state index in [2.05, 4.69) is 4.98 Å². The van der Waals surface area contributed by atoms with E-state index in [1.54, 1.807) is 6.92 Å². The fourth-order valence-electron chi connectivity index (χ4n) is 1.68. The summed E-state index contributed by atoms with van der Waals surface area (Å²) < 4.78 is 11.1. The van der Waals surface area contributed by atoms with Gasteiger partial charge in [0.15, 0.2) is 19.4 Å². The third-order valence-corrected chi connectivity index (χ3v) is 3.37. The Morgan fingerprint density at radius 1 is 1.30 bits per heavy atom. The zero-order chi connectivity index (χ0) is 15.2. The summed E-state index contributed by atoms with van der Waals surface area (Å²) in [6.07, 6.45) is -0.653. The van der Waals surface area contributed by atoms with Crippen LogP contribution in [0.1, 0.15) is 18.6 Å². The van der Waals surface area contributed by atoms with E-state index in [0.29, 0.717) is 0 Å². The van der Waals surface area contributed by atoms with Crippen molar-refractivity contribution in [3.05, 3.63) is 52.5 Å². The molecular formula is C14H21N2O3Si+. The number of benzene rings is 1. The van der Waals surface area contributed by atoms with Gasteiger partial charge >= 0.3 is 11.6 Å². The fourth-order valence-corrected chi connectivity index (χ4v) is 2.64. The summed E-state index contributed by atoms with van der Waals surface area (Å²) in [7, 11) is -1.92. The largest absolute Gasteiger partial charge is 0.475 e. The van der Waals surface area contributed by atoms with Gasteiger partial charge < -0.3 is 14.3 Å². The van der Waals surface area contributed by atoms with E-state index in [9.17, 15) is 10.5 Å². The summed E-state index contributed by atoms with van der Waals surface area (Å²) in [6.45, 7) is 8.09. The Hall–Kier alpha value is -1.84. The molecule has 1 aromatic carbocycles. The van der Waals surface area contributed by atoms with Crippen LogP contribution >= 0.6 is 0 Å². The van der Waals surface area contributed by atoms with Gasteiger partial charge in [-0.05, 0) is 32.1 Å². The molecule has 0 heterocycles. The van der Waals surface area contributed by atoms with Crippen LogP contribution in [0.25, 0.3) is 4.98 Å².